The van der Waals surface area contributed by atoms with Gasteiger partial charge in [0.2, 0.25) is 0 Å². The highest BCUT2D eigenvalue weighted by Crippen LogP contribution is 2.35. The number of esters is 1. The Hall–Kier alpha value is -3.03. The maximum Gasteiger partial charge on any atom is 0.312 e. The molecule has 37 heavy (non-hydrogen) atoms. The van der Waals surface area contributed by atoms with Gasteiger partial charge in [-0.3, -0.25) is 9.59 Å². The van der Waals surface area contributed by atoms with Crippen LogP contribution in [0.5, 0.6) is 11.5 Å². The molecule has 1 fully saturated rings. The average Bonchev–Trinajstić information content (AvgIpc) is 3.41. The number of hydrogen-bond acceptors (Lipinski definition) is 6. The van der Waals surface area contributed by atoms with Crippen LogP contribution in [0.2, 0.25) is 0 Å². The molecule has 2 aromatic rings. The van der Waals surface area contributed by atoms with E-state index in [0.29, 0.717) is 32.5 Å². The number of amides is 1. The number of primary amides is 1. The Kier molecular flexibility index (Phi) is 10.8. The lowest BCUT2D eigenvalue weighted by Crippen LogP contribution is -2.50. The van der Waals surface area contributed by atoms with E-state index in [1.807, 2.05) is 50.6 Å². The fourth-order valence-corrected chi connectivity index (χ4v) is 4.61. The van der Waals surface area contributed by atoms with Crippen molar-refractivity contribution < 1.29 is 23.8 Å². The Labute approximate surface area is 220 Å². The zero-order valence-electron chi connectivity index (χ0n) is 22.5. The first-order valence-corrected chi connectivity index (χ1v) is 13.7. The summed E-state index contributed by atoms with van der Waals surface area (Å²) in [5.74, 6) is 0.770. The number of hydrogen-bond donors (Lipinski definition) is 1. The van der Waals surface area contributed by atoms with Crippen LogP contribution in [0.25, 0.3) is 0 Å². The van der Waals surface area contributed by atoms with Crippen LogP contribution >= 0.6 is 0 Å². The molecule has 0 aliphatic heterocycles. The first kappa shape index (κ1) is 28.5. The SMILES string of the molecule is CC(C)(CCCCOc1ccc(OCCCCCn2ccnc2)cc1)C(=O)OC1(C(N)=O)CCCCC1. The lowest BCUT2D eigenvalue weighted by molar-refractivity contribution is -0.179. The molecule has 8 heteroatoms. The third-order valence-electron chi connectivity index (χ3n) is 7.13. The van der Waals surface area contributed by atoms with Crippen LogP contribution in [-0.4, -0.2) is 40.2 Å². The van der Waals surface area contributed by atoms with Crippen molar-refractivity contribution in [2.45, 2.75) is 96.6 Å². The molecule has 0 bridgehead atoms. The second kappa shape index (κ2) is 14.1. The number of ether oxygens (including phenoxy) is 3. The first-order valence-electron chi connectivity index (χ1n) is 13.7. The van der Waals surface area contributed by atoms with Crippen molar-refractivity contribution >= 4 is 11.9 Å². The van der Waals surface area contributed by atoms with Gasteiger partial charge in [0, 0.05) is 18.9 Å². The molecule has 1 amide bonds. The van der Waals surface area contributed by atoms with Crippen molar-refractivity contribution in [1.29, 1.82) is 0 Å². The van der Waals surface area contributed by atoms with Crippen molar-refractivity contribution in [3.8, 4) is 11.5 Å². The van der Waals surface area contributed by atoms with Crippen LogP contribution in [-0.2, 0) is 20.9 Å². The average molecular weight is 514 g/mol. The van der Waals surface area contributed by atoms with Crippen molar-refractivity contribution in [3.63, 3.8) is 0 Å². The van der Waals surface area contributed by atoms with Crippen molar-refractivity contribution in [3.05, 3.63) is 43.0 Å². The second-order valence-electron chi connectivity index (χ2n) is 10.7. The van der Waals surface area contributed by atoms with Crippen molar-refractivity contribution in [1.82, 2.24) is 9.55 Å². The summed E-state index contributed by atoms with van der Waals surface area (Å²) >= 11 is 0. The largest absolute Gasteiger partial charge is 0.494 e. The number of rotatable bonds is 16. The Morgan fingerprint density at radius 2 is 1.57 bits per heavy atom. The molecular formula is C29H43N3O5. The number of benzene rings is 1. The van der Waals surface area contributed by atoms with E-state index in [1.165, 1.54) is 0 Å². The summed E-state index contributed by atoms with van der Waals surface area (Å²) in [6.45, 7) is 5.98. The number of imidazole rings is 1. The van der Waals surface area contributed by atoms with Crippen LogP contribution in [0.15, 0.2) is 43.0 Å². The molecule has 0 unspecified atom stereocenters. The van der Waals surface area contributed by atoms with Gasteiger partial charge in [-0.2, -0.15) is 0 Å². The minimum atomic E-state index is -1.13. The normalized spacial score (nSPS) is 15.2. The molecule has 1 aliphatic rings. The molecule has 3 rings (SSSR count). The molecule has 1 saturated carbocycles. The summed E-state index contributed by atoms with van der Waals surface area (Å²) in [7, 11) is 0. The van der Waals surface area contributed by atoms with Gasteiger partial charge >= 0.3 is 5.97 Å². The van der Waals surface area contributed by atoms with E-state index in [2.05, 4.69) is 9.55 Å². The smallest absolute Gasteiger partial charge is 0.312 e. The monoisotopic (exact) mass is 513 g/mol. The molecule has 1 heterocycles. The molecule has 0 radical (unpaired) electrons. The van der Waals surface area contributed by atoms with Crippen molar-refractivity contribution in [2.75, 3.05) is 13.2 Å². The van der Waals surface area contributed by atoms with Gasteiger partial charge in [-0.25, -0.2) is 4.98 Å². The maximum absolute atomic E-state index is 12.9. The molecule has 1 aromatic carbocycles. The Morgan fingerprint density at radius 3 is 2.14 bits per heavy atom. The molecule has 204 valence electrons. The molecular weight excluding hydrogens is 470 g/mol. The van der Waals surface area contributed by atoms with Crippen molar-refractivity contribution in [2.24, 2.45) is 11.1 Å². The third-order valence-corrected chi connectivity index (χ3v) is 7.13. The summed E-state index contributed by atoms with van der Waals surface area (Å²) in [6.07, 6.45) is 14.9. The maximum atomic E-state index is 12.9. The number of aromatic nitrogens is 2. The molecule has 1 aromatic heterocycles. The Morgan fingerprint density at radius 1 is 0.946 bits per heavy atom. The fraction of sp³-hybridized carbons (Fsp3) is 0.621. The van der Waals surface area contributed by atoms with Gasteiger partial charge in [0.1, 0.15) is 11.5 Å². The topological polar surface area (TPSA) is 106 Å². The lowest BCUT2D eigenvalue weighted by Gasteiger charge is -2.36. The summed E-state index contributed by atoms with van der Waals surface area (Å²) in [6, 6.07) is 7.70. The number of unbranched alkanes of at least 4 members (excludes halogenated alkanes) is 3. The summed E-state index contributed by atoms with van der Waals surface area (Å²) < 4.78 is 19.5. The number of nitrogens with two attached hydrogens (primary N) is 1. The van der Waals surface area contributed by atoms with E-state index in [9.17, 15) is 9.59 Å². The van der Waals surface area contributed by atoms with E-state index in [4.69, 9.17) is 19.9 Å². The van der Waals surface area contributed by atoms with E-state index in [0.717, 1.165) is 69.4 Å². The quantitative estimate of drug-likeness (QED) is 0.237. The minimum Gasteiger partial charge on any atom is -0.494 e. The van der Waals surface area contributed by atoms with Gasteiger partial charge in [0.15, 0.2) is 5.60 Å². The Bertz CT molecular complexity index is 950. The Balaban J connectivity index is 1.28. The van der Waals surface area contributed by atoms with Crippen LogP contribution in [0.1, 0.15) is 84.5 Å². The predicted molar refractivity (Wildman–Crippen MR) is 142 cm³/mol. The fourth-order valence-electron chi connectivity index (χ4n) is 4.61. The lowest BCUT2D eigenvalue weighted by atomic mass is 9.82. The molecule has 0 spiro atoms. The summed E-state index contributed by atoms with van der Waals surface area (Å²) in [4.78, 5) is 28.9. The van der Waals surface area contributed by atoms with E-state index < -0.39 is 16.9 Å². The molecule has 2 N–H and O–H groups in total. The van der Waals surface area contributed by atoms with Gasteiger partial charge in [-0.1, -0.05) is 6.42 Å². The highest BCUT2D eigenvalue weighted by molar-refractivity contribution is 5.87. The molecule has 1 aliphatic carbocycles. The number of aryl methyl sites for hydroxylation is 1. The first-order chi connectivity index (χ1) is 17.8. The second-order valence-corrected chi connectivity index (χ2v) is 10.7. The molecule has 0 saturated heterocycles. The van der Waals surface area contributed by atoms with Gasteiger partial charge < -0.3 is 24.5 Å². The third kappa shape index (κ3) is 9.09. The predicted octanol–water partition coefficient (Wildman–Crippen LogP) is 5.44. The van der Waals surface area contributed by atoms with E-state index in [1.54, 1.807) is 6.20 Å². The number of nitrogens with zero attached hydrogens (tertiary/aromatic N) is 2. The highest BCUT2D eigenvalue weighted by atomic mass is 16.6. The zero-order chi connectivity index (χ0) is 26.6. The number of carbonyl (C=O) groups is 2. The van der Waals surface area contributed by atoms with E-state index in [-0.39, 0.29) is 5.97 Å². The van der Waals surface area contributed by atoms with Gasteiger partial charge in [-0.15, -0.1) is 0 Å². The van der Waals surface area contributed by atoms with Crippen LogP contribution < -0.4 is 15.2 Å². The molecule has 0 atom stereocenters. The zero-order valence-corrected chi connectivity index (χ0v) is 22.5. The van der Waals surface area contributed by atoms with Gasteiger partial charge in [0.25, 0.3) is 5.91 Å². The van der Waals surface area contributed by atoms with Crippen LogP contribution in [0.3, 0.4) is 0 Å². The van der Waals surface area contributed by atoms with Gasteiger partial charge in [-0.05, 0) is 102 Å². The summed E-state index contributed by atoms with van der Waals surface area (Å²) in [5, 5.41) is 0. The molecule has 8 nitrogen and oxygen atoms in total. The van der Waals surface area contributed by atoms with Crippen LogP contribution in [0.4, 0.5) is 0 Å². The van der Waals surface area contributed by atoms with E-state index >= 15 is 0 Å². The summed E-state index contributed by atoms with van der Waals surface area (Å²) in [5.41, 5.74) is 3.80. The van der Waals surface area contributed by atoms with Gasteiger partial charge in [0.05, 0.1) is 25.0 Å². The minimum absolute atomic E-state index is 0.345. The standard InChI is InChI=1S/C29H43N3O5/c1-28(2,27(34)37-29(26(30)33)16-5-3-6-17-29)15-7-10-22-36-25-13-11-24(12-14-25)35-21-9-4-8-19-32-20-18-31-23-32/h11-14,18,20,23H,3-10,15-17,19,21-22H2,1-2H3,(H2,30,33). The van der Waals surface area contributed by atoms with Crippen LogP contribution in [0, 0.1) is 5.41 Å². The number of carbonyl (C=O) groups excluding carboxylic acids is 2. The highest BCUT2D eigenvalue weighted by Gasteiger charge is 2.44.